The van der Waals surface area contributed by atoms with Crippen LogP contribution in [-0.2, 0) is 23.0 Å². The van der Waals surface area contributed by atoms with Gasteiger partial charge in [-0.05, 0) is 43.7 Å². The number of fused-ring (bicyclic) bond motifs is 2. The summed E-state index contributed by atoms with van der Waals surface area (Å²) < 4.78 is 69.9. The molecule has 0 radical (unpaired) electrons. The smallest absolute Gasteiger partial charge is 0.416 e. The second-order valence-corrected chi connectivity index (χ2v) is 8.36. The molecule has 0 bridgehead atoms. The summed E-state index contributed by atoms with van der Waals surface area (Å²) in [6.45, 7) is 3.12. The SMILES string of the molecule is CC1(C)Oc2ccc(C(F)(F)F)cc2C(N2Cc3ccccc3C2=O)C1=S(=O)=O. The van der Waals surface area contributed by atoms with E-state index in [9.17, 15) is 26.4 Å². The second-order valence-electron chi connectivity index (χ2n) is 7.45. The first-order valence-electron chi connectivity index (χ1n) is 8.76. The molecule has 4 rings (SSSR count). The fraction of sp³-hybridized carbons (Fsp3) is 0.300. The van der Waals surface area contributed by atoms with Crippen molar-refractivity contribution in [1.29, 1.82) is 0 Å². The summed E-state index contributed by atoms with van der Waals surface area (Å²) in [6.07, 6.45) is -4.62. The van der Waals surface area contributed by atoms with Gasteiger partial charge in [0.1, 0.15) is 22.3 Å². The lowest BCUT2D eigenvalue weighted by Gasteiger charge is -2.41. The maximum absolute atomic E-state index is 13.3. The zero-order chi connectivity index (χ0) is 21.1. The van der Waals surface area contributed by atoms with Crippen LogP contribution in [-0.4, -0.2) is 29.7 Å². The Morgan fingerprint density at radius 2 is 1.83 bits per heavy atom. The van der Waals surface area contributed by atoms with Crippen LogP contribution in [0.1, 0.15) is 46.9 Å². The van der Waals surface area contributed by atoms with E-state index in [1.54, 1.807) is 24.3 Å². The van der Waals surface area contributed by atoms with Crippen LogP contribution in [0.3, 0.4) is 0 Å². The van der Waals surface area contributed by atoms with Crippen LogP contribution in [0.2, 0.25) is 0 Å². The number of rotatable bonds is 1. The number of carbonyl (C=O) groups excluding carboxylic acids is 1. The molecule has 1 unspecified atom stereocenters. The summed E-state index contributed by atoms with van der Waals surface area (Å²) in [4.78, 5) is 14.1. The number of carbonyl (C=O) groups is 1. The lowest BCUT2D eigenvalue weighted by atomic mass is 9.87. The highest BCUT2D eigenvalue weighted by Crippen LogP contribution is 2.45. The zero-order valence-corrected chi connectivity index (χ0v) is 16.3. The number of nitrogens with zero attached hydrogens (tertiary/aromatic N) is 1. The van der Waals surface area contributed by atoms with Crippen LogP contribution in [0.25, 0.3) is 0 Å². The van der Waals surface area contributed by atoms with Crippen LogP contribution in [0.4, 0.5) is 13.2 Å². The number of ether oxygens (including phenoxy) is 1. The average molecular weight is 423 g/mol. The molecule has 1 atom stereocenters. The largest absolute Gasteiger partial charge is 0.482 e. The highest BCUT2D eigenvalue weighted by atomic mass is 32.2. The zero-order valence-electron chi connectivity index (χ0n) is 15.4. The van der Waals surface area contributed by atoms with Crippen LogP contribution in [0, 0.1) is 0 Å². The van der Waals surface area contributed by atoms with Crippen molar-refractivity contribution in [2.24, 2.45) is 0 Å². The monoisotopic (exact) mass is 423 g/mol. The number of hydrogen-bond donors (Lipinski definition) is 0. The predicted molar refractivity (Wildman–Crippen MR) is 99.1 cm³/mol. The molecule has 0 fully saturated rings. The van der Waals surface area contributed by atoms with E-state index >= 15 is 0 Å². The first-order valence-corrected chi connectivity index (χ1v) is 9.84. The molecule has 2 aliphatic rings. The van der Waals surface area contributed by atoms with Crippen molar-refractivity contribution in [3.8, 4) is 5.75 Å². The van der Waals surface area contributed by atoms with Gasteiger partial charge in [0, 0.05) is 17.7 Å². The minimum atomic E-state index is -4.62. The molecule has 0 saturated heterocycles. The Morgan fingerprint density at radius 3 is 2.45 bits per heavy atom. The molecule has 2 aromatic carbocycles. The summed E-state index contributed by atoms with van der Waals surface area (Å²) in [7, 11) is -2.80. The normalized spacial score (nSPS) is 20.2. The van der Waals surface area contributed by atoms with Gasteiger partial charge in [0.2, 0.25) is 10.3 Å². The maximum Gasteiger partial charge on any atom is 0.416 e. The molecule has 0 spiro atoms. The molecular weight excluding hydrogens is 407 g/mol. The summed E-state index contributed by atoms with van der Waals surface area (Å²) in [5.74, 6) is -0.319. The molecule has 9 heteroatoms. The lowest BCUT2D eigenvalue weighted by molar-refractivity contribution is -0.137. The Morgan fingerprint density at radius 1 is 1.14 bits per heavy atom. The molecule has 5 nitrogen and oxygen atoms in total. The van der Waals surface area contributed by atoms with Crippen molar-refractivity contribution >= 4 is 21.1 Å². The first-order chi connectivity index (χ1) is 13.5. The Kier molecular flexibility index (Phi) is 4.27. The molecule has 0 aliphatic carbocycles. The average Bonchev–Trinajstić information content (AvgIpc) is 2.95. The van der Waals surface area contributed by atoms with Crippen molar-refractivity contribution in [3.05, 3.63) is 64.7 Å². The Labute approximate surface area is 166 Å². The van der Waals surface area contributed by atoms with E-state index < -0.39 is 39.6 Å². The lowest BCUT2D eigenvalue weighted by Crippen LogP contribution is -2.51. The van der Waals surface area contributed by atoms with E-state index in [-0.39, 0.29) is 22.7 Å². The second kappa shape index (κ2) is 6.35. The molecule has 0 N–H and O–H groups in total. The highest BCUT2D eigenvalue weighted by molar-refractivity contribution is 7.73. The van der Waals surface area contributed by atoms with E-state index in [0.29, 0.717) is 11.1 Å². The molecule has 2 aromatic rings. The fourth-order valence-corrected chi connectivity index (χ4v) is 4.79. The minimum absolute atomic E-state index is 0.000457. The Hall–Kier alpha value is -2.81. The summed E-state index contributed by atoms with van der Waals surface area (Å²) >= 11 is 0. The quantitative estimate of drug-likeness (QED) is 0.658. The van der Waals surface area contributed by atoms with Gasteiger partial charge < -0.3 is 9.64 Å². The molecule has 152 valence electrons. The molecule has 29 heavy (non-hydrogen) atoms. The molecular formula is C20H16F3NO4S. The van der Waals surface area contributed by atoms with E-state index in [2.05, 4.69) is 0 Å². The number of alkyl halides is 3. The Balaban J connectivity index is 1.96. The van der Waals surface area contributed by atoms with E-state index in [0.717, 1.165) is 12.1 Å². The summed E-state index contributed by atoms with van der Waals surface area (Å²) in [5.41, 5.74) is -1.18. The van der Waals surface area contributed by atoms with Gasteiger partial charge in [-0.2, -0.15) is 21.6 Å². The van der Waals surface area contributed by atoms with Gasteiger partial charge in [0.05, 0.1) is 5.56 Å². The predicted octanol–water partition coefficient (Wildman–Crippen LogP) is 3.63. The molecule has 0 aromatic heterocycles. The number of benzene rings is 2. The molecule has 2 heterocycles. The van der Waals surface area contributed by atoms with Crippen LogP contribution < -0.4 is 4.74 Å². The van der Waals surface area contributed by atoms with Crippen molar-refractivity contribution in [2.45, 2.75) is 38.2 Å². The number of hydrogen-bond acceptors (Lipinski definition) is 4. The van der Waals surface area contributed by atoms with Crippen LogP contribution in [0.5, 0.6) is 5.75 Å². The Bertz CT molecular complexity index is 1160. The van der Waals surface area contributed by atoms with Crippen molar-refractivity contribution in [1.82, 2.24) is 4.90 Å². The maximum atomic E-state index is 13.3. The summed E-state index contributed by atoms with van der Waals surface area (Å²) in [6, 6.07) is 8.49. The van der Waals surface area contributed by atoms with Crippen molar-refractivity contribution in [3.63, 3.8) is 0 Å². The van der Waals surface area contributed by atoms with Crippen molar-refractivity contribution < 1.29 is 31.1 Å². The molecule has 1 amide bonds. The van der Waals surface area contributed by atoms with Crippen LogP contribution in [0.15, 0.2) is 42.5 Å². The number of halogens is 3. The molecule has 0 saturated carbocycles. The van der Waals surface area contributed by atoms with Gasteiger partial charge in [-0.1, -0.05) is 18.2 Å². The number of amides is 1. The van der Waals surface area contributed by atoms with E-state index in [4.69, 9.17) is 4.74 Å². The standard InChI is InChI=1S/C20H16F3NO4S/c1-19(2)17(29(26)27)16(24-10-11-5-3-4-6-13(11)18(24)25)14-9-12(20(21,22)23)7-8-15(14)28-19/h3-9,16H,10H2,1-2H3. The molecule has 2 aliphatic heterocycles. The third-order valence-corrected chi connectivity index (χ3v) is 6.25. The third kappa shape index (κ3) is 3.09. The first kappa shape index (κ1) is 19.5. The van der Waals surface area contributed by atoms with Crippen molar-refractivity contribution in [2.75, 3.05) is 0 Å². The van der Waals surface area contributed by atoms with E-state index in [1.165, 1.54) is 24.8 Å². The minimum Gasteiger partial charge on any atom is -0.482 e. The topological polar surface area (TPSA) is 63.7 Å². The van der Waals surface area contributed by atoms with Crippen LogP contribution >= 0.6 is 0 Å². The summed E-state index contributed by atoms with van der Waals surface area (Å²) in [5, 5.41) is 0. The third-order valence-electron chi connectivity index (χ3n) is 5.18. The van der Waals surface area contributed by atoms with Gasteiger partial charge in [-0.3, -0.25) is 4.79 Å². The highest BCUT2D eigenvalue weighted by Gasteiger charge is 2.48. The van der Waals surface area contributed by atoms with Gasteiger partial charge in [-0.25, -0.2) is 0 Å². The van der Waals surface area contributed by atoms with Gasteiger partial charge in [-0.15, -0.1) is 0 Å². The van der Waals surface area contributed by atoms with E-state index in [1.807, 2.05) is 0 Å². The van der Waals surface area contributed by atoms with Gasteiger partial charge in [0.15, 0.2) is 0 Å². The van der Waals surface area contributed by atoms with Gasteiger partial charge >= 0.3 is 6.18 Å². The van der Waals surface area contributed by atoms with Gasteiger partial charge in [0.25, 0.3) is 5.91 Å². The fourth-order valence-electron chi connectivity index (χ4n) is 3.91.